The van der Waals surface area contributed by atoms with Crippen LogP contribution in [-0.2, 0) is 40.1 Å². The van der Waals surface area contributed by atoms with Crippen LogP contribution in [0, 0.1) is 0 Å². The average molecular weight is 522 g/mol. The van der Waals surface area contributed by atoms with E-state index in [9.17, 15) is 60.0 Å². The van der Waals surface area contributed by atoms with Crippen molar-refractivity contribution < 1.29 is 60.0 Å². The Balaban J connectivity index is 5.87. The summed E-state index contributed by atoms with van der Waals surface area (Å²) in [5.41, 5.74) is -12.0. The average Bonchev–Trinajstić information content (AvgIpc) is 2.42. The maximum Gasteiger partial charge on any atom is 0.512 e. The van der Waals surface area contributed by atoms with Crippen molar-refractivity contribution >= 4 is 40.1 Å². The number of nitrogens with one attached hydrogen (secondary N) is 2. The molecule has 0 rings (SSSR count). The van der Waals surface area contributed by atoms with E-state index < -0.39 is 80.9 Å². The largest absolute Gasteiger partial charge is 0.512 e. The summed E-state index contributed by atoms with van der Waals surface area (Å²) in [5.74, 6) is 0. The first-order valence-corrected chi connectivity index (χ1v) is 13.3. The van der Waals surface area contributed by atoms with Crippen LogP contribution >= 0.6 is 0 Å². The Kier molecular flexibility index (Phi) is 8.60. The lowest BCUT2D eigenvalue weighted by Gasteiger charge is -2.23. The summed E-state index contributed by atoms with van der Waals surface area (Å²) in [4.78, 5) is 0. The zero-order valence-electron chi connectivity index (χ0n) is 14.4. The summed E-state index contributed by atoms with van der Waals surface area (Å²) >= 11 is 0. The number of halogens is 6. The summed E-state index contributed by atoms with van der Waals surface area (Å²) in [6.07, 6.45) is -2.50. The molecule has 176 valence electrons. The normalized spacial score (nSPS) is 17.1. The third-order valence-electron chi connectivity index (χ3n) is 3.38. The second kappa shape index (κ2) is 8.81. The van der Waals surface area contributed by atoms with Gasteiger partial charge in [0, 0.05) is 0 Å². The van der Waals surface area contributed by atoms with Crippen LogP contribution < -0.4 is 8.25 Å². The van der Waals surface area contributed by atoms with Gasteiger partial charge in [-0.1, -0.05) is 13.8 Å². The van der Waals surface area contributed by atoms with Gasteiger partial charge < -0.3 is 0 Å². The van der Waals surface area contributed by atoms with Gasteiger partial charge >= 0.3 is 31.1 Å². The molecule has 0 fully saturated rings. The number of sulfonamides is 4. The molecule has 0 bridgehead atoms. The van der Waals surface area contributed by atoms with Crippen molar-refractivity contribution in [3.05, 3.63) is 0 Å². The lowest BCUT2D eigenvalue weighted by Crippen LogP contribution is -2.48. The molecule has 0 saturated carbocycles. The van der Waals surface area contributed by atoms with Crippen molar-refractivity contribution in [1.29, 1.82) is 0 Å². The highest BCUT2D eigenvalue weighted by atomic mass is 32.3. The van der Waals surface area contributed by atoms with E-state index in [1.54, 1.807) is 0 Å². The maximum atomic E-state index is 12.4. The molecule has 0 aromatic rings. The second-order valence-electron chi connectivity index (χ2n) is 5.45. The number of rotatable bonds is 10. The van der Waals surface area contributed by atoms with Crippen LogP contribution in [0.5, 0.6) is 0 Å². The van der Waals surface area contributed by atoms with E-state index in [0.29, 0.717) is 8.25 Å². The van der Waals surface area contributed by atoms with Gasteiger partial charge in [0.2, 0.25) is 20.0 Å². The molecule has 0 aromatic carbocycles. The van der Waals surface area contributed by atoms with Gasteiger partial charge in [-0.25, -0.2) is 33.7 Å². The highest BCUT2D eigenvalue weighted by Crippen LogP contribution is 2.27. The fourth-order valence-electron chi connectivity index (χ4n) is 1.86. The minimum atomic E-state index is -6.38. The molecular formula is C9H16F6N2O8S4. The Labute approximate surface area is 163 Å². The first-order chi connectivity index (χ1) is 12.5. The van der Waals surface area contributed by atoms with E-state index in [4.69, 9.17) is 0 Å². The fraction of sp³-hybridized carbons (Fsp3) is 1.00. The molecule has 0 radical (unpaired) electrons. The van der Waals surface area contributed by atoms with Gasteiger partial charge in [-0.2, -0.15) is 26.3 Å². The van der Waals surface area contributed by atoms with Crippen LogP contribution in [0.25, 0.3) is 0 Å². The first kappa shape index (κ1) is 28.3. The van der Waals surface area contributed by atoms with Crippen LogP contribution in [0.15, 0.2) is 0 Å². The van der Waals surface area contributed by atoms with Crippen molar-refractivity contribution in [3.63, 3.8) is 0 Å². The zero-order chi connectivity index (χ0) is 23.7. The molecule has 0 amide bonds. The van der Waals surface area contributed by atoms with Gasteiger partial charge in [0.05, 0.1) is 10.5 Å². The van der Waals surface area contributed by atoms with E-state index in [1.165, 1.54) is 0 Å². The molecule has 2 unspecified atom stereocenters. The minimum Gasteiger partial charge on any atom is -0.211 e. The number of alkyl halides is 6. The fourth-order valence-corrected chi connectivity index (χ4v) is 8.12. The highest BCUT2D eigenvalue weighted by Gasteiger charge is 2.51. The molecule has 0 aliphatic carbocycles. The Bertz CT molecular complexity index is 916. The Morgan fingerprint density at radius 3 is 1.03 bits per heavy atom. The van der Waals surface area contributed by atoms with Gasteiger partial charge in [0.1, 0.15) is 0 Å². The van der Waals surface area contributed by atoms with Crippen molar-refractivity contribution in [2.45, 2.75) is 54.6 Å². The summed E-state index contributed by atoms with van der Waals surface area (Å²) in [6.45, 7) is 2.03. The zero-order valence-corrected chi connectivity index (χ0v) is 17.7. The second-order valence-corrected chi connectivity index (χ2v) is 13.2. The molecule has 20 heteroatoms. The topological polar surface area (TPSA) is 161 Å². The molecule has 2 N–H and O–H groups in total. The van der Waals surface area contributed by atoms with Crippen LogP contribution in [0.3, 0.4) is 0 Å². The molecule has 0 saturated heterocycles. The number of hydrogen-bond acceptors (Lipinski definition) is 8. The standard InChI is InChI=1S/C9H16F6N2O8S4/c1-3-6(26(18,19)16-28(22,23)8(10,11)12)5-7(4-2)27(20,21)17-29(24,25)9(13,14)15/h6-7,16-17H,3-5H2,1-2H3. The van der Waals surface area contributed by atoms with Crippen LogP contribution in [0.1, 0.15) is 33.1 Å². The van der Waals surface area contributed by atoms with Gasteiger partial charge in [-0.3, -0.25) is 0 Å². The molecule has 0 aliphatic heterocycles. The molecule has 0 heterocycles. The van der Waals surface area contributed by atoms with Crippen LogP contribution in [0.2, 0.25) is 0 Å². The van der Waals surface area contributed by atoms with Gasteiger partial charge in [-0.05, 0) is 19.3 Å². The first-order valence-electron chi connectivity index (χ1n) is 7.21. The lowest BCUT2D eigenvalue weighted by molar-refractivity contribution is -0.0447. The summed E-state index contributed by atoms with van der Waals surface area (Å²) < 4.78 is 167. The smallest absolute Gasteiger partial charge is 0.211 e. The third-order valence-corrected chi connectivity index (χ3v) is 11.0. The molecule has 29 heavy (non-hydrogen) atoms. The molecule has 0 aromatic heterocycles. The summed E-state index contributed by atoms with van der Waals surface area (Å²) in [5, 5.41) is -4.26. The summed E-state index contributed by atoms with van der Waals surface area (Å²) in [7, 11) is -23.5. The maximum absolute atomic E-state index is 12.4. The molecular weight excluding hydrogens is 506 g/mol. The Morgan fingerprint density at radius 1 is 0.621 bits per heavy atom. The predicted octanol–water partition coefficient (Wildman–Crippen LogP) is 0.472. The van der Waals surface area contributed by atoms with Gasteiger partial charge in [-0.15, -0.1) is 8.25 Å². The Hall–Kier alpha value is -0.700. The van der Waals surface area contributed by atoms with Gasteiger partial charge in [0.25, 0.3) is 0 Å². The van der Waals surface area contributed by atoms with Crippen molar-refractivity contribution in [1.82, 2.24) is 8.25 Å². The molecule has 0 spiro atoms. The molecule has 2 atom stereocenters. The van der Waals surface area contributed by atoms with Gasteiger partial charge in [0.15, 0.2) is 0 Å². The van der Waals surface area contributed by atoms with Crippen molar-refractivity contribution in [2.24, 2.45) is 0 Å². The van der Waals surface area contributed by atoms with E-state index in [0.717, 1.165) is 13.8 Å². The SMILES string of the molecule is CCC(CC(CC)S(=O)(=O)NS(=O)(=O)C(F)(F)F)S(=O)(=O)NS(=O)(=O)C(F)(F)F. The van der Waals surface area contributed by atoms with E-state index >= 15 is 0 Å². The van der Waals surface area contributed by atoms with Crippen molar-refractivity contribution in [3.8, 4) is 0 Å². The third kappa shape index (κ3) is 7.19. The highest BCUT2D eigenvalue weighted by molar-refractivity contribution is 8.06. The number of hydrogen-bond donors (Lipinski definition) is 2. The van der Waals surface area contributed by atoms with Crippen LogP contribution in [-0.4, -0.2) is 55.2 Å². The van der Waals surface area contributed by atoms with E-state index in [2.05, 4.69) is 0 Å². The minimum absolute atomic E-state index is 0.383. The van der Waals surface area contributed by atoms with E-state index in [1.807, 2.05) is 0 Å². The van der Waals surface area contributed by atoms with Crippen LogP contribution in [0.4, 0.5) is 26.3 Å². The quantitative estimate of drug-likeness (QED) is 0.392. The lowest BCUT2D eigenvalue weighted by atomic mass is 10.1. The van der Waals surface area contributed by atoms with Crippen molar-refractivity contribution in [2.75, 3.05) is 0 Å². The summed E-state index contributed by atoms with van der Waals surface area (Å²) in [6, 6.07) is 0. The molecule has 10 nitrogen and oxygen atoms in total. The molecule has 0 aliphatic rings. The van der Waals surface area contributed by atoms with E-state index in [-0.39, 0.29) is 0 Å². The predicted molar refractivity (Wildman–Crippen MR) is 86.8 cm³/mol. The Morgan fingerprint density at radius 2 is 0.862 bits per heavy atom. The monoisotopic (exact) mass is 522 g/mol.